The number of hydrogen-bond donors (Lipinski definition) is 1. The molecule has 0 aliphatic heterocycles. The van der Waals surface area contributed by atoms with Crippen LogP contribution in [0.15, 0.2) is 87.8 Å². The molecule has 3 aromatic carbocycles. The number of rotatable bonds is 6. The molecule has 0 unspecified atom stereocenters. The van der Waals surface area contributed by atoms with Gasteiger partial charge in [0.2, 0.25) is 0 Å². The Labute approximate surface area is 209 Å². The molecule has 0 aliphatic rings. The number of hydrazone groups is 1. The van der Waals surface area contributed by atoms with Gasteiger partial charge in [-0.05, 0) is 47.2 Å². The van der Waals surface area contributed by atoms with Gasteiger partial charge in [0.05, 0.1) is 28.6 Å². The standard InChI is InChI=1S/C28H28N4O2S/c1-19-9-5-8-12-24(19)32-26(34)22-10-6-7-11-23(22)30-27(32)35-18-25(33)31-29-17-20-13-15-21(16-14-20)28(2,3)4/h5-17H,18H2,1-4H3,(H,31,33)/b29-17+. The summed E-state index contributed by atoms with van der Waals surface area (Å²) in [5.41, 5.74) is 6.90. The lowest BCUT2D eigenvalue weighted by Crippen LogP contribution is -2.24. The Morgan fingerprint density at radius 1 is 1.03 bits per heavy atom. The second-order valence-electron chi connectivity index (χ2n) is 9.29. The fourth-order valence-corrected chi connectivity index (χ4v) is 4.44. The minimum absolute atomic E-state index is 0.0664. The zero-order chi connectivity index (χ0) is 25.0. The Kier molecular flexibility index (Phi) is 7.17. The summed E-state index contributed by atoms with van der Waals surface area (Å²) in [6, 6.07) is 23.0. The van der Waals surface area contributed by atoms with E-state index in [-0.39, 0.29) is 22.6 Å². The van der Waals surface area contributed by atoms with Crippen molar-refractivity contribution >= 4 is 34.8 Å². The summed E-state index contributed by atoms with van der Waals surface area (Å²) >= 11 is 1.20. The number of thioether (sulfide) groups is 1. The average Bonchev–Trinajstić information content (AvgIpc) is 2.83. The van der Waals surface area contributed by atoms with E-state index in [0.717, 1.165) is 16.8 Å². The molecule has 0 fully saturated rings. The fourth-order valence-electron chi connectivity index (χ4n) is 3.65. The van der Waals surface area contributed by atoms with Crippen LogP contribution in [0.3, 0.4) is 0 Å². The maximum Gasteiger partial charge on any atom is 0.266 e. The highest BCUT2D eigenvalue weighted by molar-refractivity contribution is 7.99. The third-order valence-corrected chi connectivity index (χ3v) is 6.55. The van der Waals surface area contributed by atoms with Crippen molar-refractivity contribution in [3.05, 3.63) is 99.8 Å². The second kappa shape index (κ2) is 10.3. The summed E-state index contributed by atoms with van der Waals surface area (Å²) in [5.74, 6) is -0.215. The number of aromatic nitrogens is 2. The van der Waals surface area contributed by atoms with Crippen molar-refractivity contribution in [2.45, 2.75) is 38.3 Å². The first kappa shape index (κ1) is 24.4. The maximum absolute atomic E-state index is 13.3. The van der Waals surface area contributed by atoms with Crippen molar-refractivity contribution in [1.29, 1.82) is 0 Å². The number of nitrogens with zero attached hydrogens (tertiary/aromatic N) is 3. The van der Waals surface area contributed by atoms with Gasteiger partial charge in [-0.3, -0.25) is 14.2 Å². The molecule has 1 N–H and O–H groups in total. The van der Waals surface area contributed by atoms with Gasteiger partial charge in [-0.1, -0.05) is 87.1 Å². The third kappa shape index (κ3) is 5.69. The minimum atomic E-state index is -0.281. The van der Waals surface area contributed by atoms with Crippen LogP contribution in [0.5, 0.6) is 0 Å². The zero-order valence-corrected chi connectivity index (χ0v) is 21.1. The van der Waals surface area contributed by atoms with Gasteiger partial charge in [-0.2, -0.15) is 5.10 Å². The first-order valence-electron chi connectivity index (χ1n) is 11.4. The lowest BCUT2D eigenvalue weighted by molar-refractivity contribution is -0.118. The Morgan fingerprint density at radius 3 is 2.43 bits per heavy atom. The summed E-state index contributed by atoms with van der Waals surface area (Å²) in [6.45, 7) is 8.44. The van der Waals surface area contributed by atoms with Gasteiger partial charge < -0.3 is 0 Å². The first-order valence-corrected chi connectivity index (χ1v) is 12.4. The van der Waals surface area contributed by atoms with Crippen LogP contribution in [0, 0.1) is 6.92 Å². The number of benzene rings is 3. The topological polar surface area (TPSA) is 76.3 Å². The van der Waals surface area contributed by atoms with Gasteiger partial charge in [0, 0.05) is 0 Å². The third-order valence-electron chi connectivity index (χ3n) is 5.61. The zero-order valence-electron chi connectivity index (χ0n) is 20.3. The number of amides is 1. The fraction of sp³-hybridized carbons (Fsp3) is 0.214. The summed E-state index contributed by atoms with van der Waals surface area (Å²) in [4.78, 5) is 30.5. The van der Waals surface area contributed by atoms with E-state index in [2.05, 4.69) is 48.4 Å². The van der Waals surface area contributed by atoms with E-state index < -0.39 is 0 Å². The van der Waals surface area contributed by atoms with Crippen molar-refractivity contribution < 1.29 is 4.79 Å². The molecule has 35 heavy (non-hydrogen) atoms. The Morgan fingerprint density at radius 2 is 1.71 bits per heavy atom. The van der Waals surface area contributed by atoms with Crippen LogP contribution in [0.4, 0.5) is 0 Å². The lowest BCUT2D eigenvalue weighted by Gasteiger charge is -2.18. The average molecular weight is 485 g/mol. The van der Waals surface area contributed by atoms with Gasteiger partial charge in [0.15, 0.2) is 5.16 Å². The number of carbonyl (C=O) groups excluding carboxylic acids is 1. The Hall–Kier alpha value is -3.71. The van der Waals surface area contributed by atoms with Crippen molar-refractivity contribution in [2.75, 3.05) is 5.75 Å². The highest BCUT2D eigenvalue weighted by Gasteiger charge is 2.16. The summed E-state index contributed by atoms with van der Waals surface area (Å²) < 4.78 is 1.58. The molecule has 178 valence electrons. The smallest absolute Gasteiger partial charge is 0.266 e. The molecule has 0 bridgehead atoms. The first-order chi connectivity index (χ1) is 16.7. The van der Waals surface area contributed by atoms with Crippen LogP contribution >= 0.6 is 11.8 Å². The van der Waals surface area contributed by atoms with E-state index >= 15 is 0 Å². The Bertz CT molecular complexity index is 1450. The van der Waals surface area contributed by atoms with Crippen LogP contribution in [0.1, 0.15) is 37.5 Å². The number of hydrogen-bond acceptors (Lipinski definition) is 5. The lowest BCUT2D eigenvalue weighted by atomic mass is 9.87. The molecule has 0 saturated carbocycles. The molecule has 0 spiro atoms. The van der Waals surface area contributed by atoms with Gasteiger partial charge in [-0.15, -0.1) is 0 Å². The van der Waals surface area contributed by atoms with Crippen LogP contribution in [0.2, 0.25) is 0 Å². The van der Waals surface area contributed by atoms with E-state index in [1.807, 2.05) is 55.5 Å². The van der Waals surface area contributed by atoms with Crippen molar-refractivity contribution in [1.82, 2.24) is 15.0 Å². The van der Waals surface area contributed by atoms with E-state index in [0.29, 0.717) is 16.1 Å². The SMILES string of the molecule is Cc1ccccc1-n1c(SCC(=O)N/N=C/c2ccc(C(C)(C)C)cc2)nc2ccccc2c1=O. The summed E-state index contributed by atoms with van der Waals surface area (Å²) in [5, 5.41) is 5.07. The largest absolute Gasteiger partial charge is 0.272 e. The van der Waals surface area contributed by atoms with Gasteiger partial charge >= 0.3 is 0 Å². The molecule has 4 rings (SSSR count). The van der Waals surface area contributed by atoms with Crippen molar-refractivity contribution in [3.63, 3.8) is 0 Å². The van der Waals surface area contributed by atoms with E-state index in [4.69, 9.17) is 0 Å². The molecule has 0 saturated heterocycles. The molecule has 7 heteroatoms. The molecule has 0 radical (unpaired) electrons. The molecule has 1 heterocycles. The van der Waals surface area contributed by atoms with Gasteiger partial charge in [0.25, 0.3) is 11.5 Å². The highest BCUT2D eigenvalue weighted by atomic mass is 32.2. The summed E-state index contributed by atoms with van der Waals surface area (Å²) in [7, 11) is 0. The van der Waals surface area contributed by atoms with E-state index in [1.165, 1.54) is 17.3 Å². The van der Waals surface area contributed by atoms with Gasteiger partial charge in [0.1, 0.15) is 0 Å². The molecular formula is C28H28N4O2S. The molecule has 1 amide bonds. The maximum atomic E-state index is 13.3. The summed E-state index contributed by atoms with van der Waals surface area (Å²) in [6.07, 6.45) is 1.62. The van der Waals surface area contributed by atoms with Crippen molar-refractivity contribution in [2.24, 2.45) is 5.10 Å². The van der Waals surface area contributed by atoms with Gasteiger partial charge in [-0.25, -0.2) is 10.4 Å². The van der Waals surface area contributed by atoms with Crippen LogP contribution < -0.4 is 11.0 Å². The second-order valence-corrected chi connectivity index (χ2v) is 10.2. The predicted molar refractivity (Wildman–Crippen MR) is 144 cm³/mol. The van der Waals surface area contributed by atoms with Crippen LogP contribution in [-0.2, 0) is 10.2 Å². The number of aryl methyl sites for hydroxylation is 1. The van der Waals surface area contributed by atoms with E-state index in [1.54, 1.807) is 22.9 Å². The van der Waals surface area contributed by atoms with Crippen LogP contribution in [0.25, 0.3) is 16.6 Å². The van der Waals surface area contributed by atoms with Crippen LogP contribution in [-0.4, -0.2) is 27.4 Å². The number of fused-ring (bicyclic) bond motifs is 1. The molecular weight excluding hydrogens is 456 g/mol. The highest BCUT2D eigenvalue weighted by Crippen LogP contribution is 2.23. The number of nitrogens with one attached hydrogen (secondary N) is 1. The normalized spacial score (nSPS) is 11.8. The molecule has 6 nitrogen and oxygen atoms in total. The Balaban J connectivity index is 1.51. The monoisotopic (exact) mass is 484 g/mol. The molecule has 1 aromatic heterocycles. The van der Waals surface area contributed by atoms with E-state index in [9.17, 15) is 9.59 Å². The van der Waals surface area contributed by atoms with Crippen molar-refractivity contribution in [3.8, 4) is 5.69 Å². The quantitative estimate of drug-likeness (QED) is 0.176. The molecule has 0 aliphatic carbocycles. The number of carbonyl (C=O) groups is 1. The molecule has 4 aromatic rings. The number of para-hydroxylation sites is 2. The minimum Gasteiger partial charge on any atom is -0.272 e. The molecule has 0 atom stereocenters. The predicted octanol–water partition coefficient (Wildman–Crippen LogP) is 5.23.